The van der Waals surface area contributed by atoms with E-state index in [1.165, 1.54) is 0 Å². The van der Waals surface area contributed by atoms with Gasteiger partial charge >= 0.3 is 12.0 Å². The van der Waals surface area contributed by atoms with Crippen LogP contribution in [0.1, 0.15) is 26.2 Å². The molecule has 1 aliphatic rings. The first-order valence-corrected chi connectivity index (χ1v) is 7.27. The molecule has 0 aromatic carbocycles. The molecule has 0 aromatic heterocycles. The van der Waals surface area contributed by atoms with E-state index in [0.717, 1.165) is 0 Å². The van der Waals surface area contributed by atoms with Crippen molar-refractivity contribution in [3.05, 3.63) is 0 Å². The topological polar surface area (TPSA) is 88.1 Å². The molecule has 0 aliphatic carbocycles. The Kier molecular flexibility index (Phi) is 6.91. The van der Waals surface area contributed by atoms with Crippen LogP contribution in [0.5, 0.6) is 0 Å². The Morgan fingerprint density at radius 1 is 1.33 bits per heavy atom. The van der Waals surface area contributed by atoms with Gasteiger partial charge in [0.2, 0.25) is 0 Å². The molecular weight excluding hydrogens is 276 g/mol. The smallest absolute Gasteiger partial charge is 0.317 e. The van der Waals surface area contributed by atoms with E-state index in [4.69, 9.17) is 9.47 Å². The zero-order valence-electron chi connectivity index (χ0n) is 13.1. The molecule has 0 saturated carbocycles. The Balaban J connectivity index is 2.43. The van der Waals surface area contributed by atoms with Crippen LogP contribution in [0.2, 0.25) is 0 Å². The number of rotatable bonds is 7. The zero-order valence-corrected chi connectivity index (χ0v) is 13.1. The number of carbonyl (C=O) groups excluding carboxylic acids is 1. The summed E-state index contributed by atoms with van der Waals surface area (Å²) in [5.74, 6) is -0.760. The first kappa shape index (κ1) is 17.7. The summed E-state index contributed by atoms with van der Waals surface area (Å²) in [6.45, 7) is 3.60. The molecule has 1 rings (SSSR count). The van der Waals surface area contributed by atoms with Crippen LogP contribution in [0.3, 0.4) is 0 Å². The molecule has 7 heteroatoms. The van der Waals surface area contributed by atoms with Gasteiger partial charge in [0.15, 0.2) is 0 Å². The van der Waals surface area contributed by atoms with E-state index in [1.54, 1.807) is 19.1 Å². The van der Waals surface area contributed by atoms with Crippen LogP contribution < -0.4 is 5.32 Å². The predicted octanol–water partition coefficient (Wildman–Crippen LogP) is 0.934. The summed E-state index contributed by atoms with van der Waals surface area (Å²) in [7, 11) is 3.15. The minimum Gasteiger partial charge on any atom is -0.481 e. The number of carboxylic acid groups (broad SMARTS) is 1. The van der Waals surface area contributed by atoms with Gasteiger partial charge in [0.1, 0.15) is 0 Å². The normalized spacial score (nSPS) is 19.1. The molecule has 1 fully saturated rings. The molecule has 0 radical (unpaired) electrons. The number of piperidine rings is 1. The largest absolute Gasteiger partial charge is 0.481 e. The minimum atomic E-state index is -0.760. The van der Waals surface area contributed by atoms with Crippen LogP contribution >= 0.6 is 0 Å². The maximum absolute atomic E-state index is 12.1. The number of carbonyl (C=O) groups is 2. The van der Waals surface area contributed by atoms with Crippen molar-refractivity contribution >= 4 is 12.0 Å². The number of aliphatic carboxylic acids is 1. The molecule has 2 amide bonds. The number of ether oxygens (including phenoxy) is 2. The van der Waals surface area contributed by atoms with Gasteiger partial charge in [0.05, 0.1) is 18.1 Å². The van der Waals surface area contributed by atoms with Gasteiger partial charge in [-0.3, -0.25) is 4.79 Å². The van der Waals surface area contributed by atoms with Gasteiger partial charge < -0.3 is 24.8 Å². The number of amides is 2. The van der Waals surface area contributed by atoms with Gasteiger partial charge in [-0.25, -0.2) is 4.79 Å². The molecule has 0 spiro atoms. The SMILES string of the molecule is CCC1(C(=O)O)CCN(C(=O)NCC(COC)OC)CC1. The maximum atomic E-state index is 12.1. The lowest BCUT2D eigenvalue weighted by Crippen LogP contribution is -2.50. The van der Waals surface area contributed by atoms with Crippen molar-refractivity contribution in [1.82, 2.24) is 10.2 Å². The summed E-state index contributed by atoms with van der Waals surface area (Å²) in [6.07, 6.45) is 1.41. The monoisotopic (exact) mass is 302 g/mol. The lowest BCUT2D eigenvalue weighted by Gasteiger charge is -2.38. The fraction of sp³-hybridized carbons (Fsp3) is 0.857. The van der Waals surface area contributed by atoms with Crippen LogP contribution in [0.15, 0.2) is 0 Å². The second kappa shape index (κ2) is 8.19. The van der Waals surface area contributed by atoms with Crippen molar-refractivity contribution in [2.75, 3.05) is 40.5 Å². The molecule has 0 bridgehead atoms. The van der Waals surface area contributed by atoms with Crippen molar-refractivity contribution in [3.63, 3.8) is 0 Å². The summed E-state index contributed by atoms with van der Waals surface area (Å²) in [5, 5.41) is 12.1. The molecule has 1 atom stereocenters. The van der Waals surface area contributed by atoms with Crippen molar-refractivity contribution < 1.29 is 24.2 Å². The molecule has 1 heterocycles. The van der Waals surface area contributed by atoms with Crippen molar-refractivity contribution in [2.45, 2.75) is 32.3 Å². The lowest BCUT2D eigenvalue weighted by atomic mass is 9.76. The molecule has 1 aliphatic heterocycles. The van der Waals surface area contributed by atoms with E-state index in [9.17, 15) is 14.7 Å². The van der Waals surface area contributed by atoms with E-state index in [1.807, 2.05) is 6.92 Å². The van der Waals surface area contributed by atoms with E-state index >= 15 is 0 Å². The average Bonchev–Trinajstić information content (AvgIpc) is 2.50. The summed E-state index contributed by atoms with van der Waals surface area (Å²) < 4.78 is 10.2. The van der Waals surface area contributed by atoms with Crippen molar-refractivity contribution in [3.8, 4) is 0 Å². The summed E-state index contributed by atoms with van der Waals surface area (Å²) in [5.41, 5.74) is -0.679. The number of nitrogens with one attached hydrogen (secondary N) is 1. The second-order valence-electron chi connectivity index (χ2n) is 5.43. The quantitative estimate of drug-likeness (QED) is 0.730. The van der Waals surface area contributed by atoms with E-state index in [0.29, 0.717) is 45.5 Å². The molecule has 1 unspecified atom stereocenters. The van der Waals surface area contributed by atoms with Crippen LogP contribution in [0, 0.1) is 5.41 Å². The second-order valence-corrected chi connectivity index (χ2v) is 5.43. The first-order chi connectivity index (χ1) is 9.99. The molecular formula is C14H26N2O5. The fourth-order valence-electron chi connectivity index (χ4n) is 2.57. The van der Waals surface area contributed by atoms with Gasteiger partial charge in [0.25, 0.3) is 0 Å². The molecule has 0 aromatic rings. The minimum absolute atomic E-state index is 0.178. The number of methoxy groups -OCH3 is 2. The van der Waals surface area contributed by atoms with E-state index in [-0.39, 0.29) is 12.1 Å². The highest BCUT2D eigenvalue weighted by Gasteiger charge is 2.40. The Labute approximate surface area is 125 Å². The highest BCUT2D eigenvalue weighted by atomic mass is 16.5. The Morgan fingerprint density at radius 2 is 1.95 bits per heavy atom. The fourth-order valence-corrected chi connectivity index (χ4v) is 2.57. The number of carboxylic acids is 1. The standard InChI is InChI=1S/C14H26N2O5/c1-4-14(12(17)18)5-7-16(8-6-14)13(19)15-9-11(21-3)10-20-2/h11H,4-10H2,1-3H3,(H,15,19)(H,17,18). The van der Waals surface area contributed by atoms with Crippen molar-refractivity contribution in [2.24, 2.45) is 5.41 Å². The van der Waals surface area contributed by atoms with Crippen LogP contribution in [0.4, 0.5) is 4.79 Å². The highest BCUT2D eigenvalue weighted by Crippen LogP contribution is 2.35. The molecule has 122 valence electrons. The third kappa shape index (κ3) is 4.57. The summed E-state index contributed by atoms with van der Waals surface area (Å²) >= 11 is 0. The molecule has 7 nitrogen and oxygen atoms in total. The van der Waals surface area contributed by atoms with Gasteiger partial charge in [-0.15, -0.1) is 0 Å². The molecule has 21 heavy (non-hydrogen) atoms. The summed E-state index contributed by atoms with van der Waals surface area (Å²) in [4.78, 5) is 25.1. The van der Waals surface area contributed by atoms with Gasteiger partial charge in [-0.1, -0.05) is 6.92 Å². The first-order valence-electron chi connectivity index (χ1n) is 7.27. The summed E-state index contributed by atoms with van der Waals surface area (Å²) in [6, 6.07) is -0.178. The number of likely N-dealkylation sites (tertiary alicyclic amines) is 1. The maximum Gasteiger partial charge on any atom is 0.317 e. The van der Waals surface area contributed by atoms with E-state index < -0.39 is 11.4 Å². The Hall–Kier alpha value is -1.34. The highest BCUT2D eigenvalue weighted by molar-refractivity contribution is 5.77. The Bertz CT molecular complexity index is 353. The third-order valence-corrected chi connectivity index (χ3v) is 4.31. The zero-order chi connectivity index (χ0) is 15.9. The van der Waals surface area contributed by atoms with E-state index in [2.05, 4.69) is 5.32 Å². The molecule has 1 saturated heterocycles. The third-order valence-electron chi connectivity index (χ3n) is 4.31. The predicted molar refractivity (Wildman–Crippen MR) is 77.2 cm³/mol. The van der Waals surface area contributed by atoms with Gasteiger partial charge in [0, 0.05) is 33.9 Å². The van der Waals surface area contributed by atoms with Crippen molar-refractivity contribution in [1.29, 1.82) is 0 Å². The molecule has 2 N–H and O–H groups in total. The van der Waals surface area contributed by atoms with Crippen LogP contribution in [0.25, 0.3) is 0 Å². The van der Waals surface area contributed by atoms with Crippen LogP contribution in [-0.4, -0.2) is 68.6 Å². The lowest BCUT2D eigenvalue weighted by molar-refractivity contribution is -0.151. The van der Waals surface area contributed by atoms with Gasteiger partial charge in [-0.05, 0) is 19.3 Å². The number of urea groups is 1. The average molecular weight is 302 g/mol. The number of nitrogens with zero attached hydrogens (tertiary/aromatic N) is 1. The number of hydrogen-bond donors (Lipinski definition) is 2. The number of hydrogen-bond acceptors (Lipinski definition) is 4. The van der Waals surface area contributed by atoms with Gasteiger partial charge in [-0.2, -0.15) is 0 Å². The van der Waals surface area contributed by atoms with Crippen LogP contribution in [-0.2, 0) is 14.3 Å². The Morgan fingerprint density at radius 3 is 2.38 bits per heavy atom.